The Kier molecular flexibility index (Phi) is 4.73. The number of aromatic amines is 1. The molecule has 2 aromatic carbocycles. The van der Waals surface area contributed by atoms with Crippen LogP contribution in [-0.2, 0) is 24.3 Å². The molecule has 0 fully saturated rings. The van der Waals surface area contributed by atoms with Crippen LogP contribution in [0, 0.1) is 5.92 Å². The van der Waals surface area contributed by atoms with E-state index in [1.807, 2.05) is 61.2 Å². The molecule has 0 spiro atoms. The van der Waals surface area contributed by atoms with Gasteiger partial charge < -0.3 is 19.5 Å². The van der Waals surface area contributed by atoms with Gasteiger partial charge in [0.05, 0.1) is 7.11 Å². The topological polar surface area (TPSA) is 65.6 Å². The fourth-order valence-electron chi connectivity index (χ4n) is 4.98. The quantitative estimate of drug-likeness (QED) is 0.703. The molecule has 0 aliphatic carbocycles. The van der Waals surface area contributed by atoms with Crippen molar-refractivity contribution >= 4 is 22.7 Å². The second kappa shape index (κ2) is 7.45. The highest BCUT2D eigenvalue weighted by atomic mass is 16.5. The van der Waals surface area contributed by atoms with E-state index < -0.39 is 6.04 Å². The maximum Gasteiger partial charge on any atom is 0.255 e. The lowest BCUT2D eigenvalue weighted by molar-refractivity contribution is -0.138. The number of rotatable bonds is 4. The number of carbonyl (C=O) groups excluding carboxylic acids is 2. The summed E-state index contributed by atoms with van der Waals surface area (Å²) in [6.45, 7) is 5.72. The highest BCUT2D eigenvalue weighted by molar-refractivity contribution is 6.01. The van der Waals surface area contributed by atoms with Gasteiger partial charge in [0.2, 0.25) is 5.91 Å². The van der Waals surface area contributed by atoms with Crippen LogP contribution in [0.15, 0.2) is 42.5 Å². The minimum atomic E-state index is -0.471. The highest BCUT2D eigenvalue weighted by Gasteiger charge is 2.40. The first-order chi connectivity index (χ1) is 15.0. The first-order valence-corrected chi connectivity index (χ1v) is 10.8. The van der Waals surface area contributed by atoms with Gasteiger partial charge in [0.15, 0.2) is 0 Å². The van der Waals surface area contributed by atoms with Crippen LogP contribution in [0.25, 0.3) is 10.9 Å². The normalized spacial score (nSPS) is 16.6. The molecule has 2 aliphatic rings. The number of nitrogens with zero attached hydrogens (tertiary/aromatic N) is 2. The summed E-state index contributed by atoms with van der Waals surface area (Å²) >= 11 is 0. The number of ether oxygens (including phenoxy) is 1. The number of fused-ring (bicyclic) bond motifs is 4. The smallest absolute Gasteiger partial charge is 0.255 e. The monoisotopic (exact) mass is 417 g/mol. The maximum absolute atomic E-state index is 13.7. The van der Waals surface area contributed by atoms with E-state index >= 15 is 0 Å². The zero-order valence-electron chi connectivity index (χ0n) is 18.1. The number of hydrogen-bond donors (Lipinski definition) is 1. The molecular formula is C25H27N3O3. The highest BCUT2D eigenvalue weighted by Crippen LogP contribution is 2.33. The van der Waals surface area contributed by atoms with Crippen LogP contribution in [0.5, 0.6) is 5.75 Å². The molecule has 3 heterocycles. The molecule has 0 saturated carbocycles. The third-order valence-electron chi connectivity index (χ3n) is 6.56. The summed E-state index contributed by atoms with van der Waals surface area (Å²) < 4.78 is 5.40. The number of amides is 2. The minimum absolute atomic E-state index is 0.0234. The molecular weight excluding hydrogens is 390 g/mol. The van der Waals surface area contributed by atoms with Crippen LogP contribution >= 0.6 is 0 Å². The molecule has 3 aromatic rings. The summed E-state index contributed by atoms with van der Waals surface area (Å²) in [6.07, 6.45) is 0.775. The van der Waals surface area contributed by atoms with Crippen molar-refractivity contribution in [1.82, 2.24) is 14.8 Å². The third-order valence-corrected chi connectivity index (χ3v) is 6.56. The second-order valence-electron chi connectivity index (χ2n) is 8.78. The van der Waals surface area contributed by atoms with E-state index in [1.165, 1.54) is 5.69 Å². The summed E-state index contributed by atoms with van der Waals surface area (Å²) in [6, 6.07) is 13.2. The molecule has 1 atom stereocenters. The molecule has 1 N–H and O–H groups in total. The first kappa shape index (κ1) is 19.7. The lowest BCUT2D eigenvalue weighted by Gasteiger charge is -2.36. The van der Waals surface area contributed by atoms with Gasteiger partial charge in [-0.25, -0.2) is 0 Å². The van der Waals surface area contributed by atoms with E-state index in [1.54, 1.807) is 12.0 Å². The Balaban J connectivity index is 1.44. The Morgan fingerprint density at radius 3 is 2.68 bits per heavy atom. The van der Waals surface area contributed by atoms with E-state index in [0.717, 1.165) is 34.2 Å². The van der Waals surface area contributed by atoms with Crippen molar-refractivity contribution < 1.29 is 14.3 Å². The lowest BCUT2D eigenvalue weighted by atomic mass is 9.98. The molecule has 0 saturated heterocycles. The standard InChI is InChI=1S/C25H27N3O3/c1-15(2)23(28-13-16-6-4-5-7-18(16)24(28)29)25(30)27-11-10-22-20(14-27)19-12-17(31-3)8-9-21(19)26-22/h4-9,12,15,23,26H,10-11,13-14H2,1-3H3. The summed E-state index contributed by atoms with van der Waals surface area (Å²) in [4.78, 5) is 33.9. The summed E-state index contributed by atoms with van der Waals surface area (Å²) in [5.74, 6) is 0.810. The van der Waals surface area contributed by atoms with Gasteiger partial charge in [-0.15, -0.1) is 0 Å². The van der Waals surface area contributed by atoms with Crippen LogP contribution in [0.3, 0.4) is 0 Å². The molecule has 6 nitrogen and oxygen atoms in total. The number of hydrogen-bond acceptors (Lipinski definition) is 3. The van der Waals surface area contributed by atoms with Crippen molar-refractivity contribution in [1.29, 1.82) is 0 Å². The molecule has 0 radical (unpaired) electrons. The minimum Gasteiger partial charge on any atom is -0.497 e. The average Bonchev–Trinajstić information content (AvgIpc) is 3.30. The molecule has 1 aromatic heterocycles. The molecule has 2 aliphatic heterocycles. The molecule has 6 heteroatoms. The van der Waals surface area contributed by atoms with Crippen LogP contribution in [0.1, 0.15) is 41.0 Å². The molecule has 31 heavy (non-hydrogen) atoms. The predicted molar refractivity (Wildman–Crippen MR) is 119 cm³/mol. The van der Waals surface area contributed by atoms with Gasteiger partial charge >= 0.3 is 0 Å². The largest absolute Gasteiger partial charge is 0.497 e. The van der Waals surface area contributed by atoms with Crippen LogP contribution in [0.4, 0.5) is 0 Å². The summed E-state index contributed by atoms with van der Waals surface area (Å²) in [7, 11) is 1.66. The van der Waals surface area contributed by atoms with Crippen LogP contribution in [-0.4, -0.2) is 46.3 Å². The Morgan fingerprint density at radius 2 is 1.94 bits per heavy atom. The Morgan fingerprint density at radius 1 is 1.13 bits per heavy atom. The van der Waals surface area contributed by atoms with Gasteiger partial charge in [-0.05, 0) is 35.7 Å². The van der Waals surface area contributed by atoms with E-state index in [9.17, 15) is 9.59 Å². The predicted octanol–water partition coefficient (Wildman–Crippen LogP) is 3.74. The summed E-state index contributed by atoms with van der Waals surface area (Å²) in [5, 5.41) is 1.10. The van der Waals surface area contributed by atoms with Crippen molar-refractivity contribution in [3.05, 3.63) is 64.8 Å². The zero-order valence-corrected chi connectivity index (χ0v) is 18.1. The number of aromatic nitrogens is 1. The molecule has 1 unspecified atom stereocenters. The SMILES string of the molecule is COc1ccc2[nH]c3c(c2c1)CN(C(=O)C(C(C)C)N1Cc2ccccc2C1=O)CC3. The van der Waals surface area contributed by atoms with Gasteiger partial charge in [0.1, 0.15) is 11.8 Å². The van der Waals surface area contributed by atoms with Crippen molar-refractivity contribution in [3.8, 4) is 5.75 Å². The first-order valence-electron chi connectivity index (χ1n) is 10.8. The fourth-order valence-corrected chi connectivity index (χ4v) is 4.98. The number of nitrogens with one attached hydrogen (secondary N) is 1. The maximum atomic E-state index is 13.7. The average molecular weight is 418 g/mol. The fraction of sp³-hybridized carbons (Fsp3) is 0.360. The zero-order chi connectivity index (χ0) is 21.7. The second-order valence-corrected chi connectivity index (χ2v) is 8.78. The van der Waals surface area contributed by atoms with Crippen molar-refractivity contribution in [2.24, 2.45) is 5.92 Å². The van der Waals surface area contributed by atoms with Gasteiger partial charge in [-0.3, -0.25) is 9.59 Å². The number of methoxy groups -OCH3 is 1. The van der Waals surface area contributed by atoms with E-state index in [4.69, 9.17) is 4.74 Å². The van der Waals surface area contributed by atoms with Crippen LogP contribution < -0.4 is 4.74 Å². The molecule has 0 bridgehead atoms. The Hall–Kier alpha value is -3.28. The lowest BCUT2D eigenvalue weighted by Crippen LogP contribution is -2.52. The van der Waals surface area contributed by atoms with E-state index in [2.05, 4.69) is 4.98 Å². The number of carbonyl (C=O) groups is 2. The Labute approximate surface area is 181 Å². The van der Waals surface area contributed by atoms with Gasteiger partial charge in [0.25, 0.3) is 5.91 Å². The number of H-pyrrole nitrogens is 1. The van der Waals surface area contributed by atoms with Crippen molar-refractivity contribution in [2.75, 3.05) is 13.7 Å². The van der Waals surface area contributed by atoms with Gasteiger partial charge in [0, 0.05) is 53.8 Å². The van der Waals surface area contributed by atoms with E-state index in [0.29, 0.717) is 25.2 Å². The van der Waals surface area contributed by atoms with Crippen molar-refractivity contribution in [3.63, 3.8) is 0 Å². The molecule has 5 rings (SSSR count). The van der Waals surface area contributed by atoms with Gasteiger partial charge in [-0.2, -0.15) is 0 Å². The third kappa shape index (κ3) is 3.17. The van der Waals surface area contributed by atoms with Gasteiger partial charge in [-0.1, -0.05) is 32.0 Å². The molecule has 160 valence electrons. The van der Waals surface area contributed by atoms with Crippen molar-refractivity contribution in [2.45, 2.75) is 39.4 Å². The summed E-state index contributed by atoms with van der Waals surface area (Å²) in [5.41, 5.74) is 5.09. The van der Waals surface area contributed by atoms with E-state index in [-0.39, 0.29) is 17.7 Å². The van der Waals surface area contributed by atoms with Crippen LogP contribution in [0.2, 0.25) is 0 Å². The molecule has 2 amide bonds. The number of benzene rings is 2. The Bertz CT molecular complexity index is 1180.